The zero-order valence-corrected chi connectivity index (χ0v) is 13.4. The van der Waals surface area contributed by atoms with Gasteiger partial charge in [-0.1, -0.05) is 24.3 Å². The van der Waals surface area contributed by atoms with Crippen molar-refractivity contribution in [2.45, 2.75) is 18.7 Å². The van der Waals surface area contributed by atoms with E-state index in [1.165, 1.54) is 13.1 Å². The van der Waals surface area contributed by atoms with Crippen molar-refractivity contribution in [3.05, 3.63) is 59.2 Å². The molecule has 0 spiro atoms. The normalized spacial score (nSPS) is 11.2. The summed E-state index contributed by atoms with van der Waals surface area (Å²) in [6, 6.07) is 11.4. The highest BCUT2D eigenvalue weighted by atomic mass is 32.2. The Kier molecular flexibility index (Phi) is 4.23. The minimum atomic E-state index is -3.83. The van der Waals surface area contributed by atoms with Gasteiger partial charge in [0.2, 0.25) is 0 Å². The van der Waals surface area contributed by atoms with Crippen LogP contribution in [0, 0.1) is 13.8 Å². The maximum Gasteiger partial charge on any atom is 0.335 e. The molecule has 116 valence electrons. The fourth-order valence-corrected chi connectivity index (χ4v) is 3.69. The Hall–Kier alpha value is -2.34. The van der Waals surface area contributed by atoms with E-state index < -0.39 is 16.0 Å². The molecule has 0 saturated heterocycles. The number of carboxylic acid groups (broad SMARTS) is 1. The van der Waals surface area contributed by atoms with Crippen molar-refractivity contribution in [3.8, 4) is 0 Å². The van der Waals surface area contributed by atoms with Gasteiger partial charge in [0.15, 0.2) is 0 Å². The van der Waals surface area contributed by atoms with Gasteiger partial charge in [-0.05, 0) is 43.2 Å². The average Bonchev–Trinajstić information content (AvgIpc) is 2.46. The molecule has 22 heavy (non-hydrogen) atoms. The Balaban J connectivity index is 2.59. The molecule has 0 bridgehead atoms. The molecule has 0 radical (unpaired) electrons. The number of aryl methyl sites for hydroxylation is 2. The fourth-order valence-electron chi connectivity index (χ4n) is 2.26. The smallest absolute Gasteiger partial charge is 0.335 e. The topological polar surface area (TPSA) is 74.7 Å². The van der Waals surface area contributed by atoms with Gasteiger partial charge in [0.25, 0.3) is 10.0 Å². The molecule has 0 amide bonds. The van der Waals surface area contributed by atoms with E-state index in [9.17, 15) is 18.3 Å². The van der Waals surface area contributed by atoms with E-state index in [-0.39, 0.29) is 10.5 Å². The number of benzene rings is 2. The van der Waals surface area contributed by atoms with Crippen LogP contribution in [-0.4, -0.2) is 26.5 Å². The molecule has 6 heteroatoms. The molecule has 2 rings (SSSR count). The predicted octanol–water partition coefficient (Wildman–Crippen LogP) is 2.83. The van der Waals surface area contributed by atoms with E-state index >= 15 is 0 Å². The third-order valence-corrected chi connectivity index (χ3v) is 5.44. The number of para-hydroxylation sites is 1. The molecule has 2 aromatic carbocycles. The first-order chi connectivity index (χ1) is 10.2. The van der Waals surface area contributed by atoms with E-state index in [1.54, 1.807) is 50.2 Å². The first kappa shape index (κ1) is 16.0. The Morgan fingerprint density at radius 3 is 2.18 bits per heavy atom. The molecule has 0 heterocycles. The van der Waals surface area contributed by atoms with Gasteiger partial charge in [-0.25, -0.2) is 13.2 Å². The largest absolute Gasteiger partial charge is 0.478 e. The maximum atomic E-state index is 12.8. The van der Waals surface area contributed by atoms with E-state index in [2.05, 4.69) is 0 Å². The van der Waals surface area contributed by atoms with Gasteiger partial charge in [-0.15, -0.1) is 0 Å². The summed E-state index contributed by atoms with van der Waals surface area (Å²) >= 11 is 0. The second kappa shape index (κ2) is 5.81. The average molecular weight is 319 g/mol. The van der Waals surface area contributed by atoms with Crippen LogP contribution in [0.4, 0.5) is 5.69 Å². The molecule has 0 aromatic heterocycles. The maximum absolute atomic E-state index is 12.8. The molecular formula is C16H17NO4S. The van der Waals surface area contributed by atoms with E-state index in [1.807, 2.05) is 0 Å². The first-order valence-corrected chi connectivity index (χ1v) is 8.07. The highest BCUT2D eigenvalue weighted by molar-refractivity contribution is 7.92. The van der Waals surface area contributed by atoms with Crippen LogP contribution in [-0.2, 0) is 10.0 Å². The lowest BCUT2D eigenvalue weighted by atomic mass is 10.1. The van der Waals surface area contributed by atoms with Crippen LogP contribution in [0.25, 0.3) is 0 Å². The minimum absolute atomic E-state index is 0.00172. The van der Waals surface area contributed by atoms with Gasteiger partial charge in [0.05, 0.1) is 16.1 Å². The molecule has 0 fully saturated rings. The number of carboxylic acids is 1. The summed E-state index contributed by atoms with van der Waals surface area (Å²) < 4.78 is 26.7. The zero-order chi connectivity index (χ0) is 16.5. The molecule has 1 N–H and O–H groups in total. The quantitative estimate of drug-likeness (QED) is 0.940. The third kappa shape index (κ3) is 2.82. The van der Waals surface area contributed by atoms with Crippen molar-refractivity contribution in [1.82, 2.24) is 0 Å². The number of anilines is 1. The minimum Gasteiger partial charge on any atom is -0.478 e. The van der Waals surface area contributed by atoms with Crippen LogP contribution >= 0.6 is 0 Å². The number of aromatic carboxylic acids is 1. The van der Waals surface area contributed by atoms with Crippen molar-refractivity contribution in [2.75, 3.05) is 11.4 Å². The highest BCUT2D eigenvalue weighted by Gasteiger charge is 2.25. The van der Waals surface area contributed by atoms with Crippen molar-refractivity contribution < 1.29 is 18.3 Å². The highest BCUT2D eigenvalue weighted by Crippen LogP contribution is 2.26. The van der Waals surface area contributed by atoms with Crippen molar-refractivity contribution in [2.24, 2.45) is 0 Å². The van der Waals surface area contributed by atoms with E-state index in [0.717, 1.165) is 4.31 Å². The molecule has 0 atom stereocenters. The molecule has 0 aliphatic heterocycles. The lowest BCUT2D eigenvalue weighted by molar-refractivity contribution is 0.0696. The Bertz CT molecular complexity index is 814. The summed E-state index contributed by atoms with van der Waals surface area (Å²) in [4.78, 5) is 11.2. The summed E-state index contributed by atoms with van der Waals surface area (Å²) in [5, 5.41) is 9.19. The third-order valence-electron chi connectivity index (χ3n) is 3.51. The summed E-state index contributed by atoms with van der Waals surface area (Å²) in [6.07, 6.45) is 0. The van der Waals surface area contributed by atoms with Gasteiger partial charge in [-0.2, -0.15) is 0 Å². The second-order valence-electron chi connectivity index (χ2n) is 5.05. The summed E-state index contributed by atoms with van der Waals surface area (Å²) in [5.74, 6) is -1.14. The predicted molar refractivity (Wildman–Crippen MR) is 84.9 cm³/mol. The van der Waals surface area contributed by atoms with E-state index in [0.29, 0.717) is 16.8 Å². The Labute approximate surface area is 129 Å². The van der Waals surface area contributed by atoms with Crippen LogP contribution in [0.3, 0.4) is 0 Å². The Morgan fingerprint density at radius 2 is 1.64 bits per heavy atom. The number of carbonyl (C=O) groups is 1. The molecule has 0 unspecified atom stereocenters. The van der Waals surface area contributed by atoms with Crippen LogP contribution in [0.2, 0.25) is 0 Å². The van der Waals surface area contributed by atoms with Crippen LogP contribution in [0.15, 0.2) is 47.4 Å². The van der Waals surface area contributed by atoms with Gasteiger partial charge in [0.1, 0.15) is 0 Å². The van der Waals surface area contributed by atoms with Gasteiger partial charge >= 0.3 is 5.97 Å². The molecular weight excluding hydrogens is 302 g/mol. The molecule has 2 aromatic rings. The van der Waals surface area contributed by atoms with Crippen molar-refractivity contribution in [3.63, 3.8) is 0 Å². The zero-order valence-electron chi connectivity index (χ0n) is 12.6. The lowest BCUT2D eigenvalue weighted by Crippen LogP contribution is -2.27. The van der Waals surface area contributed by atoms with Crippen LogP contribution < -0.4 is 4.31 Å². The number of hydrogen-bond donors (Lipinski definition) is 1. The van der Waals surface area contributed by atoms with Crippen molar-refractivity contribution >= 4 is 21.7 Å². The van der Waals surface area contributed by atoms with Crippen LogP contribution in [0.1, 0.15) is 21.5 Å². The van der Waals surface area contributed by atoms with Gasteiger partial charge < -0.3 is 5.11 Å². The summed E-state index contributed by atoms with van der Waals surface area (Å²) in [5.41, 5.74) is 1.56. The SMILES string of the molecule is Cc1cc(C)c(S(=O)(=O)N(C)c2ccccc2)cc1C(=O)O. The van der Waals surface area contributed by atoms with Crippen LogP contribution in [0.5, 0.6) is 0 Å². The number of sulfonamides is 1. The molecule has 0 saturated carbocycles. The number of rotatable bonds is 4. The monoisotopic (exact) mass is 319 g/mol. The number of nitrogens with zero attached hydrogens (tertiary/aromatic N) is 1. The summed E-state index contributed by atoms with van der Waals surface area (Å²) in [7, 11) is -2.38. The molecule has 0 aliphatic rings. The lowest BCUT2D eigenvalue weighted by Gasteiger charge is -2.21. The van der Waals surface area contributed by atoms with Gasteiger partial charge in [-0.3, -0.25) is 4.31 Å². The number of hydrogen-bond acceptors (Lipinski definition) is 3. The van der Waals surface area contributed by atoms with E-state index in [4.69, 9.17) is 0 Å². The first-order valence-electron chi connectivity index (χ1n) is 6.63. The molecule has 0 aliphatic carbocycles. The van der Waals surface area contributed by atoms with Gasteiger partial charge in [0, 0.05) is 7.05 Å². The van der Waals surface area contributed by atoms with Crippen molar-refractivity contribution in [1.29, 1.82) is 0 Å². The molecule has 5 nitrogen and oxygen atoms in total. The standard InChI is InChI=1S/C16H17NO4S/c1-11-9-12(2)15(10-14(11)16(18)19)22(20,21)17(3)13-7-5-4-6-8-13/h4-10H,1-3H3,(H,18,19). The second-order valence-corrected chi connectivity index (χ2v) is 6.98. The summed E-state index contributed by atoms with van der Waals surface area (Å²) in [6.45, 7) is 3.30. The fraction of sp³-hybridized carbons (Fsp3) is 0.188. The Morgan fingerprint density at radius 1 is 1.05 bits per heavy atom.